The van der Waals surface area contributed by atoms with Gasteiger partial charge in [0.2, 0.25) is 0 Å². The highest BCUT2D eigenvalue weighted by Crippen LogP contribution is 2.29. The van der Waals surface area contributed by atoms with E-state index in [0.717, 1.165) is 19.4 Å². The molecule has 1 amide bonds. The van der Waals surface area contributed by atoms with Crippen molar-refractivity contribution in [2.75, 3.05) is 19.7 Å². The van der Waals surface area contributed by atoms with E-state index in [1.54, 1.807) is 17.0 Å². The van der Waals surface area contributed by atoms with Crippen molar-refractivity contribution in [1.82, 2.24) is 4.90 Å². The first-order valence-corrected chi connectivity index (χ1v) is 8.04. The number of likely N-dealkylation sites (tertiary alicyclic amines) is 1. The Balaban J connectivity index is 1.65. The summed E-state index contributed by atoms with van der Waals surface area (Å²) in [5.74, 6) is 0.254. The molecule has 1 unspecified atom stereocenters. The highest BCUT2D eigenvalue weighted by molar-refractivity contribution is 5.94. The van der Waals surface area contributed by atoms with Crippen molar-refractivity contribution >= 4 is 5.91 Å². The Morgan fingerprint density at radius 3 is 2.91 bits per heavy atom. The van der Waals surface area contributed by atoms with Gasteiger partial charge in [-0.25, -0.2) is 4.39 Å². The Labute approximate surface area is 130 Å². The summed E-state index contributed by atoms with van der Waals surface area (Å²) in [6, 6.07) is 4.55. The molecule has 1 saturated heterocycles. The molecule has 1 heterocycles. The smallest absolute Gasteiger partial charge is 0.253 e. The Kier molecular flexibility index (Phi) is 4.74. The van der Waals surface area contributed by atoms with E-state index in [2.05, 4.69) is 0 Å². The molecule has 4 nitrogen and oxygen atoms in total. The average molecular weight is 306 g/mol. The lowest BCUT2D eigenvalue weighted by molar-refractivity contribution is 0.0708. The molecule has 1 aliphatic carbocycles. The molecule has 0 radical (unpaired) electrons. The summed E-state index contributed by atoms with van der Waals surface area (Å²) in [5, 5.41) is 0. The molecule has 1 aliphatic heterocycles. The van der Waals surface area contributed by atoms with Crippen LogP contribution in [0.2, 0.25) is 0 Å². The Hall–Kier alpha value is -1.46. The molecule has 3 rings (SSSR count). The van der Waals surface area contributed by atoms with Gasteiger partial charge in [-0.1, -0.05) is 0 Å². The maximum absolute atomic E-state index is 13.9. The van der Waals surface area contributed by atoms with E-state index < -0.39 is 0 Å². The van der Waals surface area contributed by atoms with E-state index in [1.807, 2.05) is 0 Å². The average Bonchev–Trinajstić information content (AvgIpc) is 3.33. The molecule has 22 heavy (non-hydrogen) atoms. The van der Waals surface area contributed by atoms with E-state index in [1.165, 1.54) is 18.9 Å². The fraction of sp³-hybridized carbons (Fsp3) is 0.588. The maximum atomic E-state index is 13.9. The van der Waals surface area contributed by atoms with Gasteiger partial charge < -0.3 is 15.4 Å². The van der Waals surface area contributed by atoms with Crippen molar-refractivity contribution in [3.8, 4) is 0 Å². The molecule has 1 atom stereocenters. The molecule has 1 aromatic rings. The van der Waals surface area contributed by atoms with Crippen LogP contribution in [0.4, 0.5) is 4.39 Å². The van der Waals surface area contributed by atoms with Crippen LogP contribution in [0.5, 0.6) is 0 Å². The van der Waals surface area contributed by atoms with Crippen molar-refractivity contribution in [1.29, 1.82) is 0 Å². The molecule has 120 valence electrons. The maximum Gasteiger partial charge on any atom is 0.253 e. The van der Waals surface area contributed by atoms with E-state index in [4.69, 9.17) is 10.5 Å². The fourth-order valence-electron chi connectivity index (χ4n) is 2.82. The summed E-state index contributed by atoms with van der Waals surface area (Å²) in [6.45, 7) is 2.20. The highest BCUT2D eigenvalue weighted by atomic mass is 19.1. The largest absolute Gasteiger partial charge is 0.376 e. The number of hydrogen-bond acceptors (Lipinski definition) is 3. The third-order valence-electron chi connectivity index (χ3n) is 4.35. The second kappa shape index (κ2) is 6.75. The summed E-state index contributed by atoms with van der Waals surface area (Å²) in [4.78, 5) is 14.3. The molecule has 2 N–H and O–H groups in total. The minimum absolute atomic E-state index is 0.0412. The van der Waals surface area contributed by atoms with Gasteiger partial charge in [0.05, 0.1) is 6.61 Å². The van der Waals surface area contributed by atoms with E-state index in [9.17, 15) is 9.18 Å². The first kappa shape index (κ1) is 15.4. The number of amides is 1. The number of carbonyl (C=O) groups excluding carboxylic acids is 1. The van der Waals surface area contributed by atoms with Crippen LogP contribution in [0, 0.1) is 11.7 Å². The normalized spacial score (nSPS) is 21.9. The molecule has 0 spiro atoms. The van der Waals surface area contributed by atoms with E-state index in [-0.39, 0.29) is 24.4 Å². The molecule has 0 aromatic heterocycles. The number of hydrogen-bond donors (Lipinski definition) is 1. The van der Waals surface area contributed by atoms with Crippen LogP contribution in [-0.2, 0) is 11.3 Å². The van der Waals surface area contributed by atoms with Gasteiger partial charge in [-0.15, -0.1) is 0 Å². The number of carbonyl (C=O) groups is 1. The lowest BCUT2D eigenvalue weighted by Gasteiger charge is -2.30. The summed E-state index contributed by atoms with van der Waals surface area (Å²) < 4.78 is 19.4. The predicted molar refractivity (Wildman–Crippen MR) is 81.9 cm³/mol. The molecule has 2 fully saturated rings. The van der Waals surface area contributed by atoms with Gasteiger partial charge in [0, 0.05) is 36.9 Å². The van der Waals surface area contributed by atoms with E-state index in [0.29, 0.717) is 30.2 Å². The van der Waals surface area contributed by atoms with Gasteiger partial charge in [0.25, 0.3) is 5.91 Å². The number of rotatable bonds is 5. The minimum Gasteiger partial charge on any atom is -0.376 e. The van der Waals surface area contributed by atoms with Crippen LogP contribution in [0.3, 0.4) is 0 Å². The van der Waals surface area contributed by atoms with Gasteiger partial charge in [-0.2, -0.15) is 0 Å². The Morgan fingerprint density at radius 2 is 2.18 bits per heavy atom. The van der Waals surface area contributed by atoms with Crippen molar-refractivity contribution in [2.45, 2.75) is 38.3 Å². The third kappa shape index (κ3) is 3.84. The summed E-state index contributed by atoms with van der Waals surface area (Å²) in [6.07, 6.45) is 4.28. The van der Waals surface area contributed by atoms with Crippen LogP contribution >= 0.6 is 0 Å². The molecule has 2 aliphatic rings. The number of piperidine rings is 1. The van der Waals surface area contributed by atoms with Gasteiger partial charge in [-0.05, 0) is 49.8 Å². The molecular weight excluding hydrogens is 283 g/mol. The Morgan fingerprint density at radius 1 is 1.36 bits per heavy atom. The van der Waals surface area contributed by atoms with Gasteiger partial charge in [-0.3, -0.25) is 4.79 Å². The molecule has 1 aromatic carbocycles. The quantitative estimate of drug-likeness (QED) is 0.908. The number of nitrogens with two attached hydrogens (primary N) is 1. The third-order valence-corrected chi connectivity index (χ3v) is 4.35. The topological polar surface area (TPSA) is 55.6 Å². The molecular formula is C17H23FN2O2. The van der Waals surface area contributed by atoms with Crippen molar-refractivity contribution in [3.63, 3.8) is 0 Å². The fourth-order valence-corrected chi connectivity index (χ4v) is 2.82. The minimum atomic E-state index is -0.317. The highest BCUT2D eigenvalue weighted by Gasteiger charge is 2.24. The van der Waals surface area contributed by atoms with Crippen molar-refractivity contribution < 1.29 is 13.9 Å². The standard InChI is InChI=1S/C17H23FN2O2/c18-16-6-5-13(8-14(16)11-22-10-12-3-4-12)17(21)20-7-1-2-15(19)9-20/h5-6,8,12,15H,1-4,7,9-11,19H2. The van der Waals surface area contributed by atoms with Crippen LogP contribution in [-0.4, -0.2) is 36.5 Å². The summed E-state index contributed by atoms with van der Waals surface area (Å²) in [7, 11) is 0. The lowest BCUT2D eigenvalue weighted by atomic mass is 10.0. The Bertz CT molecular complexity index is 545. The van der Waals surface area contributed by atoms with E-state index >= 15 is 0 Å². The molecule has 5 heteroatoms. The number of nitrogens with zero attached hydrogens (tertiary/aromatic N) is 1. The van der Waals surface area contributed by atoms with Crippen molar-refractivity contribution in [2.24, 2.45) is 11.7 Å². The SMILES string of the molecule is NC1CCCN(C(=O)c2ccc(F)c(COCC3CC3)c2)C1. The number of halogens is 1. The van der Waals surface area contributed by atoms with Gasteiger partial charge >= 0.3 is 0 Å². The van der Waals surface area contributed by atoms with Crippen LogP contribution in [0.15, 0.2) is 18.2 Å². The van der Waals surface area contributed by atoms with Crippen LogP contribution in [0.1, 0.15) is 41.6 Å². The van der Waals surface area contributed by atoms with Crippen LogP contribution < -0.4 is 5.73 Å². The van der Waals surface area contributed by atoms with Gasteiger partial charge in [0.1, 0.15) is 5.82 Å². The predicted octanol–water partition coefficient (Wildman–Crippen LogP) is 2.32. The number of benzene rings is 1. The molecule has 1 saturated carbocycles. The number of ether oxygens (including phenoxy) is 1. The summed E-state index contributed by atoms with van der Waals surface area (Å²) >= 11 is 0. The second-order valence-electron chi connectivity index (χ2n) is 6.42. The first-order chi connectivity index (χ1) is 10.6. The zero-order chi connectivity index (χ0) is 15.5. The van der Waals surface area contributed by atoms with Crippen LogP contribution in [0.25, 0.3) is 0 Å². The summed E-state index contributed by atoms with van der Waals surface area (Å²) in [5.41, 5.74) is 6.89. The van der Waals surface area contributed by atoms with Gasteiger partial charge in [0.15, 0.2) is 0 Å². The monoisotopic (exact) mass is 306 g/mol. The first-order valence-electron chi connectivity index (χ1n) is 8.04. The zero-order valence-electron chi connectivity index (χ0n) is 12.8. The lowest BCUT2D eigenvalue weighted by Crippen LogP contribution is -2.45. The van der Waals surface area contributed by atoms with Crippen molar-refractivity contribution in [3.05, 3.63) is 35.1 Å². The molecule has 0 bridgehead atoms. The zero-order valence-corrected chi connectivity index (χ0v) is 12.8. The second-order valence-corrected chi connectivity index (χ2v) is 6.42.